The second-order valence-electron chi connectivity index (χ2n) is 5.21. The van der Waals surface area contributed by atoms with Gasteiger partial charge >= 0.3 is 5.97 Å². The van der Waals surface area contributed by atoms with Gasteiger partial charge in [0.15, 0.2) is 11.5 Å². The van der Waals surface area contributed by atoms with E-state index in [1.165, 1.54) is 0 Å². The molecule has 2 rings (SSSR count). The summed E-state index contributed by atoms with van der Waals surface area (Å²) in [6, 6.07) is 3.65. The highest BCUT2D eigenvalue weighted by Crippen LogP contribution is 2.48. The average Bonchev–Trinajstić information content (AvgIpc) is 2.96. The number of nitrogens with one attached hydrogen (secondary N) is 1. The molecule has 6 nitrogen and oxygen atoms in total. The van der Waals surface area contributed by atoms with Crippen LogP contribution >= 0.6 is 15.9 Å². The number of hydrogen-bond donors (Lipinski definition) is 1. The van der Waals surface area contributed by atoms with E-state index in [4.69, 9.17) is 18.9 Å². The second kappa shape index (κ2) is 8.80. The Balaban J connectivity index is 2.77. The largest absolute Gasteiger partial charge is 0.493 e. The molecular weight excluding hydrogens is 402 g/mol. The van der Waals surface area contributed by atoms with Gasteiger partial charge in [0.1, 0.15) is 5.69 Å². The number of H-pyrrole nitrogens is 1. The van der Waals surface area contributed by atoms with Crippen molar-refractivity contribution >= 4 is 28.0 Å². The van der Waals surface area contributed by atoms with Crippen LogP contribution in [0.1, 0.15) is 30.0 Å². The van der Waals surface area contributed by atoms with E-state index < -0.39 is 5.97 Å². The predicted molar refractivity (Wildman–Crippen MR) is 104 cm³/mol. The van der Waals surface area contributed by atoms with E-state index in [0.717, 1.165) is 16.8 Å². The predicted octanol–water partition coefficient (Wildman–Crippen LogP) is 4.68. The van der Waals surface area contributed by atoms with Gasteiger partial charge in [0, 0.05) is 16.8 Å². The van der Waals surface area contributed by atoms with Crippen molar-refractivity contribution in [1.29, 1.82) is 0 Å². The standard InChI is InChI=1S/C19H22BrNO5/c1-6-8-12-14(15(20)16(21-12)19(22)26-7-2)11-9-10-13(23-3)18(25-5)17(11)24-4/h6,8-10,21H,7H2,1-5H3/b8-6+. The van der Waals surface area contributed by atoms with Crippen molar-refractivity contribution < 1.29 is 23.7 Å². The van der Waals surface area contributed by atoms with Crippen molar-refractivity contribution in [3.63, 3.8) is 0 Å². The molecule has 0 radical (unpaired) electrons. The van der Waals surface area contributed by atoms with E-state index >= 15 is 0 Å². The number of carbonyl (C=O) groups is 1. The van der Waals surface area contributed by atoms with E-state index in [1.807, 2.05) is 25.1 Å². The number of allylic oxidation sites excluding steroid dienone is 1. The zero-order valence-corrected chi connectivity index (χ0v) is 17.0. The molecule has 0 atom stereocenters. The summed E-state index contributed by atoms with van der Waals surface area (Å²) in [4.78, 5) is 15.4. The number of ether oxygens (including phenoxy) is 4. The number of aromatic amines is 1. The van der Waals surface area contributed by atoms with E-state index in [0.29, 0.717) is 27.4 Å². The van der Waals surface area contributed by atoms with Crippen LogP contribution in [0.3, 0.4) is 0 Å². The lowest BCUT2D eigenvalue weighted by Crippen LogP contribution is -2.05. The van der Waals surface area contributed by atoms with Crippen LogP contribution in [0.5, 0.6) is 17.2 Å². The third-order valence-electron chi connectivity index (χ3n) is 3.75. The summed E-state index contributed by atoms with van der Waals surface area (Å²) in [7, 11) is 4.67. The maximum absolute atomic E-state index is 12.3. The summed E-state index contributed by atoms with van der Waals surface area (Å²) in [5.41, 5.74) is 2.60. The highest BCUT2D eigenvalue weighted by atomic mass is 79.9. The Bertz CT molecular complexity index is 826. The summed E-state index contributed by atoms with van der Waals surface area (Å²) in [6.07, 6.45) is 3.75. The van der Waals surface area contributed by atoms with Gasteiger partial charge in [0.2, 0.25) is 5.75 Å². The summed E-state index contributed by atoms with van der Waals surface area (Å²) in [5, 5.41) is 0. The summed E-state index contributed by atoms with van der Waals surface area (Å²) >= 11 is 3.53. The summed E-state index contributed by atoms with van der Waals surface area (Å²) < 4.78 is 22.1. The molecule has 0 aliphatic rings. The average molecular weight is 424 g/mol. The number of carbonyl (C=O) groups excluding carboxylic acids is 1. The Labute approximate surface area is 161 Å². The van der Waals surface area contributed by atoms with Gasteiger partial charge in [-0.3, -0.25) is 0 Å². The monoisotopic (exact) mass is 423 g/mol. The highest BCUT2D eigenvalue weighted by molar-refractivity contribution is 9.10. The first-order valence-electron chi connectivity index (χ1n) is 8.04. The number of methoxy groups -OCH3 is 3. The number of hydrogen-bond acceptors (Lipinski definition) is 5. The number of rotatable bonds is 7. The molecule has 0 aliphatic carbocycles. The molecule has 0 amide bonds. The molecule has 0 saturated carbocycles. The molecule has 0 fully saturated rings. The van der Waals surface area contributed by atoms with E-state index in [-0.39, 0.29) is 6.61 Å². The fourth-order valence-corrected chi connectivity index (χ4v) is 3.38. The quantitative estimate of drug-likeness (QED) is 0.654. The maximum atomic E-state index is 12.3. The minimum atomic E-state index is -0.434. The molecule has 140 valence electrons. The minimum Gasteiger partial charge on any atom is -0.493 e. The van der Waals surface area contributed by atoms with Crippen molar-refractivity contribution in [2.24, 2.45) is 0 Å². The van der Waals surface area contributed by atoms with Crippen molar-refractivity contribution in [3.05, 3.63) is 34.1 Å². The number of esters is 1. The van der Waals surface area contributed by atoms with Gasteiger partial charge in [0.25, 0.3) is 0 Å². The molecule has 26 heavy (non-hydrogen) atoms. The lowest BCUT2D eigenvalue weighted by atomic mass is 10.0. The molecule has 0 spiro atoms. The fraction of sp³-hybridized carbons (Fsp3) is 0.316. The summed E-state index contributed by atoms with van der Waals surface area (Å²) in [5.74, 6) is 1.10. The van der Waals surface area contributed by atoms with Crippen LogP contribution in [0.15, 0.2) is 22.7 Å². The van der Waals surface area contributed by atoms with Crippen LogP contribution in [0, 0.1) is 0 Å². The second-order valence-corrected chi connectivity index (χ2v) is 6.00. The zero-order chi connectivity index (χ0) is 19.3. The Hall–Kier alpha value is -2.41. The van der Waals surface area contributed by atoms with Gasteiger partial charge in [-0.25, -0.2) is 4.79 Å². The van der Waals surface area contributed by atoms with Crippen LogP contribution in [0.4, 0.5) is 0 Å². The van der Waals surface area contributed by atoms with Crippen LogP contribution in [0.2, 0.25) is 0 Å². The van der Waals surface area contributed by atoms with Crippen LogP contribution in [-0.4, -0.2) is 38.9 Å². The SMILES string of the molecule is C/C=C/c1[nH]c(C(=O)OCC)c(Br)c1-c1ccc(OC)c(OC)c1OC. The molecule has 0 bridgehead atoms. The Morgan fingerprint density at radius 2 is 1.85 bits per heavy atom. The van der Waals surface area contributed by atoms with Crippen molar-refractivity contribution in [1.82, 2.24) is 4.98 Å². The van der Waals surface area contributed by atoms with Crippen molar-refractivity contribution in [2.75, 3.05) is 27.9 Å². The van der Waals surface area contributed by atoms with Crippen LogP contribution in [-0.2, 0) is 4.74 Å². The molecule has 1 aromatic carbocycles. The van der Waals surface area contributed by atoms with Gasteiger partial charge in [0.05, 0.1) is 32.4 Å². The molecule has 0 unspecified atom stereocenters. The van der Waals surface area contributed by atoms with E-state index in [1.54, 1.807) is 34.3 Å². The molecule has 2 aromatic rings. The van der Waals surface area contributed by atoms with Crippen LogP contribution in [0.25, 0.3) is 17.2 Å². The summed E-state index contributed by atoms with van der Waals surface area (Å²) in [6.45, 7) is 3.95. The van der Waals surface area contributed by atoms with Gasteiger partial charge in [-0.2, -0.15) is 0 Å². The topological polar surface area (TPSA) is 69.8 Å². The van der Waals surface area contributed by atoms with Gasteiger partial charge in [-0.05, 0) is 48.0 Å². The third-order valence-corrected chi connectivity index (χ3v) is 4.55. The molecule has 1 heterocycles. The molecule has 1 N–H and O–H groups in total. The van der Waals surface area contributed by atoms with Gasteiger partial charge in [-0.15, -0.1) is 0 Å². The number of halogens is 1. The lowest BCUT2D eigenvalue weighted by molar-refractivity contribution is 0.0519. The molecular formula is C19H22BrNO5. The Kier molecular flexibility index (Phi) is 6.74. The third kappa shape index (κ3) is 3.58. The van der Waals surface area contributed by atoms with E-state index in [9.17, 15) is 4.79 Å². The minimum absolute atomic E-state index is 0.290. The van der Waals surface area contributed by atoms with E-state index in [2.05, 4.69) is 20.9 Å². The van der Waals surface area contributed by atoms with Gasteiger partial charge < -0.3 is 23.9 Å². The first-order valence-corrected chi connectivity index (χ1v) is 8.83. The number of benzene rings is 1. The van der Waals surface area contributed by atoms with Crippen LogP contribution < -0.4 is 14.2 Å². The van der Waals surface area contributed by atoms with Crippen molar-refractivity contribution in [2.45, 2.75) is 13.8 Å². The highest BCUT2D eigenvalue weighted by Gasteiger charge is 2.26. The molecule has 7 heteroatoms. The van der Waals surface area contributed by atoms with Crippen molar-refractivity contribution in [3.8, 4) is 28.4 Å². The first kappa shape index (κ1) is 19.9. The fourth-order valence-electron chi connectivity index (χ4n) is 2.69. The smallest absolute Gasteiger partial charge is 0.355 e. The normalized spacial score (nSPS) is 10.8. The molecule has 1 aromatic heterocycles. The lowest BCUT2D eigenvalue weighted by Gasteiger charge is -2.16. The molecule has 0 aliphatic heterocycles. The first-order chi connectivity index (χ1) is 12.5. The number of aromatic nitrogens is 1. The Morgan fingerprint density at radius 3 is 2.38 bits per heavy atom. The molecule has 0 saturated heterocycles. The zero-order valence-electron chi connectivity index (χ0n) is 15.4. The Morgan fingerprint density at radius 1 is 1.15 bits per heavy atom. The van der Waals surface area contributed by atoms with Gasteiger partial charge in [-0.1, -0.05) is 6.08 Å². The maximum Gasteiger partial charge on any atom is 0.355 e.